The van der Waals surface area contributed by atoms with Crippen LogP contribution in [0, 0.1) is 0 Å². The molecule has 0 bridgehead atoms. The molecule has 0 aromatic heterocycles. The summed E-state index contributed by atoms with van der Waals surface area (Å²) in [6.45, 7) is 9.71. The van der Waals surface area contributed by atoms with Gasteiger partial charge >= 0.3 is 6.03 Å². The largest absolute Gasteiger partial charge is 0.339 e. The Bertz CT molecular complexity index is 268. The molecule has 0 radical (unpaired) electrons. The number of carbonyl (C=O) groups excluding carboxylic acids is 2. The summed E-state index contributed by atoms with van der Waals surface area (Å²) >= 11 is 0. The second kappa shape index (κ2) is 2.57. The van der Waals surface area contributed by atoms with Gasteiger partial charge in [0.05, 0.1) is 0 Å². The molecule has 1 rings (SSSR count). The van der Waals surface area contributed by atoms with E-state index in [1.807, 2.05) is 19.6 Å². The quantitative estimate of drug-likeness (QED) is 0.510. The topological polar surface area (TPSA) is 49.4 Å². The van der Waals surface area contributed by atoms with Gasteiger partial charge in [-0.15, -0.1) is 0 Å². The number of rotatable bonds is 1. The van der Waals surface area contributed by atoms with E-state index in [-0.39, 0.29) is 11.9 Å². The molecule has 0 unspecified atom stereocenters. The van der Waals surface area contributed by atoms with Crippen LogP contribution in [0.3, 0.4) is 0 Å². The standard InChI is InChI=1S/C8H16N2O2Si/c1-8(2)6(11)9-7(12)10(8)13(3,4)5/h1-5H3,(H,9,11,12). The summed E-state index contributed by atoms with van der Waals surface area (Å²) in [6.07, 6.45) is 0. The molecule has 1 heterocycles. The van der Waals surface area contributed by atoms with Crippen molar-refractivity contribution in [1.82, 2.24) is 9.88 Å². The third-order valence-corrected chi connectivity index (χ3v) is 4.31. The number of hydrogen-bond donors (Lipinski definition) is 1. The number of hydrogen-bond acceptors (Lipinski definition) is 2. The van der Waals surface area contributed by atoms with Gasteiger partial charge in [-0.1, -0.05) is 19.6 Å². The molecule has 5 heteroatoms. The van der Waals surface area contributed by atoms with Gasteiger partial charge < -0.3 is 4.57 Å². The zero-order valence-corrected chi connectivity index (χ0v) is 9.76. The summed E-state index contributed by atoms with van der Waals surface area (Å²) in [5.74, 6) is -0.195. The monoisotopic (exact) mass is 200 g/mol. The lowest BCUT2D eigenvalue weighted by Crippen LogP contribution is -2.57. The predicted molar refractivity (Wildman–Crippen MR) is 52.8 cm³/mol. The molecule has 1 fully saturated rings. The minimum atomic E-state index is -1.76. The van der Waals surface area contributed by atoms with Crippen molar-refractivity contribution in [1.29, 1.82) is 0 Å². The molecule has 0 spiro atoms. The Morgan fingerprint density at radius 2 is 1.69 bits per heavy atom. The summed E-state index contributed by atoms with van der Waals surface area (Å²) in [6, 6.07) is -0.242. The van der Waals surface area contributed by atoms with Crippen LogP contribution in [0.4, 0.5) is 4.79 Å². The number of carbonyl (C=O) groups is 2. The zero-order valence-electron chi connectivity index (χ0n) is 8.76. The van der Waals surface area contributed by atoms with Crippen LogP contribution in [0.5, 0.6) is 0 Å². The SMILES string of the molecule is CC1(C)C(=O)NC(=O)N1[Si](C)(C)C. The van der Waals surface area contributed by atoms with Crippen molar-refractivity contribution in [2.75, 3.05) is 0 Å². The summed E-state index contributed by atoms with van der Waals surface area (Å²) in [5, 5.41) is 2.35. The number of urea groups is 1. The van der Waals surface area contributed by atoms with Gasteiger partial charge in [-0.05, 0) is 13.8 Å². The van der Waals surface area contributed by atoms with Crippen LogP contribution in [0.15, 0.2) is 0 Å². The van der Waals surface area contributed by atoms with Crippen LogP contribution < -0.4 is 5.32 Å². The van der Waals surface area contributed by atoms with E-state index < -0.39 is 13.8 Å². The van der Waals surface area contributed by atoms with Crippen molar-refractivity contribution in [3.05, 3.63) is 0 Å². The van der Waals surface area contributed by atoms with Crippen molar-refractivity contribution >= 4 is 20.2 Å². The van der Waals surface area contributed by atoms with E-state index in [1.54, 1.807) is 18.4 Å². The average molecular weight is 200 g/mol. The number of nitrogens with zero attached hydrogens (tertiary/aromatic N) is 1. The highest BCUT2D eigenvalue weighted by Gasteiger charge is 2.50. The van der Waals surface area contributed by atoms with Crippen molar-refractivity contribution in [3.8, 4) is 0 Å². The van der Waals surface area contributed by atoms with Crippen LogP contribution >= 0.6 is 0 Å². The smallest absolute Gasteiger partial charge is 0.316 e. The van der Waals surface area contributed by atoms with E-state index in [2.05, 4.69) is 5.32 Å². The van der Waals surface area contributed by atoms with Gasteiger partial charge in [0.15, 0.2) is 8.24 Å². The number of nitrogens with one attached hydrogen (secondary N) is 1. The van der Waals surface area contributed by atoms with E-state index in [0.29, 0.717) is 0 Å². The average Bonchev–Trinajstić information content (AvgIpc) is 1.99. The molecule has 74 valence electrons. The fraction of sp³-hybridized carbons (Fsp3) is 0.750. The molecule has 4 nitrogen and oxygen atoms in total. The third kappa shape index (κ3) is 1.48. The molecule has 13 heavy (non-hydrogen) atoms. The van der Waals surface area contributed by atoms with E-state index in [4.69, 9.17) is 0 Å². The van der Waals surface area contributed by atoms with E-state index >= 15 is 0 Å². The fourth-order valence-electron chi connectivity index (χ4n) is 1.80. The summed E-state index contributed by atoms with van der Waals surface area (Å²) in [4.78, 5) is 22.9. The Morgan fingerprint density at radius 3 is 1.85 bits per heavy atom. The molecular formula is C8H16N2O2Si. The highest BCUT2D eigenvalue weighted by molar-refractivity contribution is 6.76. The van der Waals surface area contributed by atoms with E-state index in [0.717, 1.165) is 0 Å². The van der Waals surface area contributed by atoms with Crippen LogP contribution in [0.1, 0.15) is 13.8 Å². The first kappa shape index (κ1) is 10.2. The Hall–Kier alpha value is -0.843. The Labute approximate surface area is 79.4 Å². The van der Waals surface area contributed by atoms with Gasteiger partial charge in [0, 0.05) is 0 Å². The third-order valence-electron chi connectivity index (χ3n) is 2.21. The van der Waals surface area contributed by atoms with Gasteiger partial charge in [0.2, 0.25) is 0 Å². The summed E-state index contributed by atoms with van der Waals surface area (Å²) in [7, 11) is -1.76. The van der Waals surface area contributed by atoms with Gasteiger partial charge in [0.1, 0.15) is 5.54 Å². The molecule has 3 amide bonds. The lowest BCUT2D eigenvalue weighted by Gasteiger charge is -2.38. The van der Waals surface area contributed by atoms with Gasteiger partial charge in [-0.25, -0.2) is 4.79 Å². The van der Waals surface area contributed by atoms with Gasteiger partial charge in [-0.3, -0.25) is 10.1 Å². The molecule has 1 aliphatic heterocycles. The highest BCUT2D eigenvalue weighted by atomic mass is 28.3. The van der Waals surface area contributed by atoms with Crippen LogP contribution in [-0.4, -0.2) is 30.3 Å². The molecule has 1 aliphatic rings. The van der Waals surface area contributed by atoms with Crippen LogP contribution in [-0.2, 0) is 4.79 Å². The molecule has 0 aromatic rings. The Kier molecular flexibility index (Phi) is 2.03. The molecular weight excluding hydrogens is 184 g/mol. The van der Waals surface area contributed by atoms with Crippen molar-refractivity contribution < 1.29 is 9.59 Å². The van der Waals surface area contributed by atoms with Crippen LogP contribution in [0.25, 0.3) is 0 Å². The highest BCUT2D eigenvalue weighted by Crippen LogP contribution is 2.27. The first-order chi connectivity index (χ1) is 5.67. The second-order valence-electron chi connectivity index (χ2n) is 4.82. The Balaban J connectivity index is 3.10. The lowest BCUT2D eigenvalue weighted by atomic mass is 10.1. The normalized spacial score (nSPS) is 22.1. The minimum absolute atomic E-state index is 0.195. The van der Waals surface area contributed by atoms with Crippen molar-refractivity contribution in [2.45, 2.75) is 39.0 Å². The molecule has 1 N–H and O–H groups in total. The van der Waals surface area contributed by atoms with E-state index in [1.165, 1.54) is 0 Å². The molecule has 0 aliphatic carbocycles. The summed E-state index contributed by atoms with van der Waals surface area (Å²) in [5.41, 5.74) is -0.679. The first-order valence-electron chi connectivity index (χ1n) is 4.33. The molecule has 0 atom stereocenters. The van der Waals surface area contributed by atoms with Gasteiger partial charge in [0.25, 0.3) is 5.91 Å². The molecule has 1 saturated heterocycles. The summed E-state index contributed by atoms with van der Waals surface area (Å²) < 4.78 is 1.71. The van der Waals surface area contributed by atoms with Crippen molar-refractivity contribution in [2.24, 2.45) is 0 Å². The minimum Gasteiger partial charge on any atom is -0.339 e. The number of amides is 3. The fourth-order valence-corrected chi connectivity index (χ4v) is 4.25. The van der Waals surface area contributed by atoms with Crippen LogP contribution in [0.2, 0.25) is 19.6 Å². The maximum Gasteiger partial charge on any atom is 0.316 e. The maximum atomic E-state index is 11.5. The Morgan fingerprint density at radius 1 is 1.23 bits per heavy atom. The van der Waals surface area contributed by atoms with Gasteiger partial charge in [-0.2, -0.15) is 0 Å². The maximum absolute atomic E-state index is 11.5. The van der Waals surface area contributed by atoms with E-state index in [9.17, 15) is 9.59 Å². The number of imide groups is 1. The second-order valence-corrected chi connectivity index (χ2v) is 9.61. The first-order valence-corrected chi connectivity index (χ1v) is 7.78. The van der Waals surface area contributed by atoms with Crippen molar-refractivity contribution in [3.63, 3.8) is 0 Å². The molecule has 0 aromatic carbocycles. The predicted octanol–water partition coefficient (Wildman–Crippen LogP) is 1.15. The lowest BCUT2D eigenvalue weighted by molar-refractivity contribution is -0.124. The molecule has 0 saturated carbocycles. The zero-order chi connectivity index (χ0) is 10.4.